The van der Waals surface area contributed by atoms with Gasteiger partial charge in [-0.1, -0.05) is 0 Å². The summed E-state index contributed by atoms with van der Waals surface area (Å²) in [6.07, 6.45) is -0.724. The molecule has 1 N–H and O–H groups in total. The molecule has 0 bridgehead atoms. The van der Waals surface area contributed by atoms with Gasteiger partial charge in [-0.15, -0.1) is 0 Å². The minimum absolute atomic E-state index is 0.0378. The van der Waals surface area contributed by atoms with Crippen LogP contribution in [0.4, 0.5) is 14.6 Å². The third-order valence-electron chi connectivity index (χ3n) is 2.99. The van der Waals surface area contributed by atoms with Gasteiger partial charge in [-0.2, -0.15) is 0 Å². The standard InChI is InChI=1S/C12H14F2N2O3/c1-18-11(19-2)9-7(6-17)5-8-10(16-9)15-4-3-12(8,13)14/h5-6,11H,3-4H2,1-2H3,(H,15,16). The number of aldehydes is 1. The highest BCUT2D eigenvalue weighted by Gasteiger charge is 2.38. The second-order valence-electron chi connectivity index (χ2n) is 4.16. The van der Waals surface area contributed by atoms with Crippen molar-refractivity contribution in [2.24, 2.45) is 0 Å². The molecule has 1 aromatic rings. The van der Waals surface area contributed by atoms with Crippen LogP contribution in [0.3, 0.4) is 0 Å². The molecule has 0 aliphatic carbocycles. The van der Waals surface area contributed by atoms with Crippen molar-refractivity contribution in [2.75, 3.05) is 26.1 Å². The molecule has 1 aliphatic rings. The lowest BCUT2D eigenvalue weighted by Gasteiger charge is -2.27. The number of alkyl halides is 2. The molecule has 0 atom stereocenters. The van der Waals surface area contributed by atoms with E-state index >= 15 is 0 Å². The monoisotopic (exact) mass is 272 g/mol. The number of pyridine rings is 1. The molecular formula is C12H14F2N2O3. The number of nitrogens with one attached hydrogen (secondary N) is 1. The number of halogens is 2. The van der Waals surface area contributed by atoms with E-state index in [0.29, 0.717) is 6.29 Å². The Balaban J connectivity index is 2.56. The molecule has 2 rings (SSSR count). The van der Waals surface area contributed by atoms with Crippen LogP contribution in [0.5, 0.6) is 0 Å². The van der Waals surface area contributed by atoms with Gasteiger partial charge in [0.15, 0.2) is 6.29 Å². The van der Waals surface area contributed by atoms with Crippen LogP contribution in [-0.4, -0.2) is 32.0 Å². The van der Waals surface area contributed by atoms with Crippen LogP contribution in [0.1, 0.15) is 34.3 Å². The van der Waals surface area contributed by atoms with E-state index in [0.717, 1.165) is 6.07 Å². The normalized spacial score (nSPS) is 16.9. The van der Waals surface area contributed by atoms with E-state index < -0.39 is 12.2 Å². The Labute approximate surface area is 108 Å². The number of ether oxygens (including phenoxy) is 2. The summed E-state index contributed by atoms with van der Waals surface area (Å²) in [5, 5.41) is 2.79. The number of hydrogen-bond acceptors (Lipinski definition) is 5. The molecule has 0 spiro atoms. The lowest BCUT2D eigenvalue weighted by Crippen LogP contribution is -2.28. The summed E-state index contributed by atoms with van der Waals surface area (Å²) in [5.74, 6) is -2.92. The summed E-state index contributed by atoms with van der Waals surface area (Å²) in [4.78, 5) is 15.1. The molecule has 0 fully saturated rings. The number of rotatable bonds is 4. The Kier molecular flexibility index (Phi) is 3.77. The van der Waals surface area contributed by atoms with E-state index in [1.165, 1.54) is 14.2 Å². The second-order valence-corrected chi connectivity index (χ2v) is 4.16. The Hall–Kier alpha value is -1.60. The number of aromatic nitrogens is 1. The molecule has 0 aromatic carbocycles. The lowest BCUT2D eigenvalue weighted by molar-refractivity contribution is -0.108. The maximum absolute atomic E-state index is 13.8. The van der Waals surface area contributed by atoms with Gasteiger partial charge in [0.25, 0.3) is 5.92 Å². The van der Waals surface area contributed by atoms with E-state index in [1.807, 2.05) is 0 Å². The van der Waals surface area contributed by atoms with Crippen molar-refractivity contribution in [3.63, 3.8) is 0 Å². The molecule has 1 aromatic heterocycles. The van der Waals surface area contributed by atoms with Crippen molar-refractivity contribution in [3.05, 3.63) is 22.9 Å². The predicted molar refractivity (Wildman–Crippen MR) is 63.4 cm³/mol. The molecule has 104 valence electrons. The summed E-state index contributed by atoms with van der Waals surface area (Å²) in [5.41, 5.74) is -0.0460. The molecule has 7 heteroatoms. The van der Waals surface area contributed by atoms with Gasteiger partial charge in [0, 0.05) is 32.7 Å². The fourth-order valence-electron chi connectivity index (χ4n) is 2.03. The highest BCUT2D eigenvalue weighted by atomic mass is 19.3. The average molecular weight is 272 g/mol. The molecule has 0 amide bonds. The van der Waals surface area contributed by atoms with E-state index in [-0.39, 0.29) is 35.6 Å². The highest BCUT2D eigenvalue weighted by molar-refractivity contribution is 5.78. The first-order chi connectivity index (χ1) is 9.03. The van der Waals surface area contributed by atoms with Gasteiger partial charge in [0.2, 0.25) is 6.29 Å². The van der Waals surface area contributed by atoms with Gasteiger partial charge < -0.3 is 14.8 Å². The number of carbonyl (C=O) groups excluding carboxylic acids is 1. The summed E-state index contributed by atoms with van der Waals surface area (Å²) < 4.78 is 37.5. The number of hydrogen-bond donors (Lipinski definition) is 1. The molecule has 19 heavy (non-hydrogen) atoms. The van der Waals surface area contributed by atoms with E-state index in [2.05, 4.69) is 10.3 Å². The molecule has 0 saturated carbocycles. The molecular weight excluding hydrogens is 258 g/mol. The van der Waals surface area contributed by atoms with Gasteiger partial charge in [0.05, 0.1) is 5.56 Å². The summed E-state index contributed by atoms with van der Waals surface area (Å²) in [7, 11) is 2.76. The topological polar surface area (TPSA) is 60.5 Å². The number of nitrogens with zero attached hydrogens (tertiary/aromatic N) is 1. The van der Waals surface area contributed by atoms with Crippen molar-refractivity contribution in [3.8, 4) is 0 Å². The zero-order chi connectivity index (χ0) is 14.0. The Morgan fingerprint density at radius 1 is 1.47 bits per heavy atom. The molecule has 0 unspecified atom stereocenters. The number of anilines is 1. The van der Waals surface area contributed by atoms with Crippen LogP contribution in [0.25, 0.3) is 0 Å². The quantitative estimate of drug-likeness (QED) is 0.671. The zero-order valence-electron chi connectivity index (χ0n) is 10.6. The van der Waals surface area contributed by atoms with E-state index in [9.17, 15) is 13.6 Å². The van der Waals surface area contributed by atoms with Gasteiger partial charge in [-0.3, -0.25) is 4.79 Å². The molecule has 0 saturated heterocycles. The molecule has 5 nitrogen and oxygen atoms in total. The van der Waals surface area contributed by atoms with E-state index in [4.69, 9.17) is 9.47 Å². The zero-order valence-corrected chi connectivity index (χ0v) is 10.6. The highest BCUT2D eigenvalue weighted by Crippen LogP contribution is 2.40. The van der Waals surface area contributed by atoms with Crippen LogP contribution in [0, 0.1) is 0 Å². The van der Waals surface area contributed by atoms with Crippen LogP contribution in [0.15, 0.2) is 6.07 Å². The second kappa shape index (κ2) is 5.18. The van der Waals surface area contributed by atoms with E-state index in [1.54, 1.807) is 0 Å². The van der Waals surface area contributed by atoms with Crippen molar-refractivity contribution in [2.45, 2.75) is 18.6 Å². The SMILES string of the molecule is COC(OC)c1nc2c(cc1C=O)C(F)(F)CCN2. The third kappa shape index (κ3) is 2.43. The summed E-state index contributed by atoms with van der Waals surface area (Å²) in [6, 6.07) is 1.14. The van der Waals surface area contributed by atoms with Crippen molar-refractivity contribution in [1.29, 1.82) is 0 Å². The molecule has 1 aliphatic heterocycles. The summed E-state index contributed by atoms with van der Waals surface area (Å²) >= 11 is 0. The van der Waals surface area contributed by atoms with Crippen molar-refractivity contribution in [1.82, 2.24) is 4.98 Å². The number of carbonyl (C=O) groups is 1. The Bertz CT molecular complexity index is 490. The van der Waals surface area contributed by atoms with Crippen LogP contribution in [0.2, 0.25) is 0 Å². The first-order valence-electron chi connectivity index (χ1n) is 5.71. The Morgan fingerprint density at radius 2 is 2.16 bits per heavy atom. The largest absolute Gasteiger partial charge is 0.369 e. The predicted octanol–water partition coefficient (Wildman–Crippen LogP) is 2.09. The maximum Gasteiger partial charge on any atom is 0.278 e. The molecule has 2 heterocycles. The number of fused-ring (bicyclic) bond motifs is 1. The first kappa shape index (κ1) is 13.8. The Morgan fingerprint density at radius 3 is 2.74 bits per heavy atom. The van der Waals surface area contributed by atoms with Gasteiger partial charge in [0.1, 0.15) is 11.5 Å². The van der Waals surface area contributed by atoms with Gasteiger partial charge >= 0.3 is 0 Å². The van der Waals surface area contributed by atoms with Gasteiger partial charge in [-0.05, 0) is 6.07 Å². The van der Waals surface area contributed by atoms with Crippen molar-refractivity contribution < 1.29 is 23.0 Å². The fraction of sp³-hybridized carbons (Fsp3) is 0.500. The fourth-order valence-corrected chi connectivity index (χ4v) is 2.03. The minimum atomic E-state index is -2.99. The first-order valence-corrected chi connectivity index (χ1v) is 5.71. The van der Waals surface area contributed by atoms with Crippen LogP contribution in [-0.2, 0) is 15.4 Å². The van der Waals surface area contributed by atoms with Crippen molar-refractivity contribution >= 4 is 12.1 Å². The third-order valence-corrected chi connectivity index (χ3v) is 2.99. The average Bonchev–Trinajstić information content (AvgIpc) is 2.39. The number of methoxy groups -OCH3 is 2. The van der Waals surface area contributed by atoms with Crippen LogP contribution < -0.4 is 5.32 Å². The molecule has 0 radical (unpaired) electrons. The smallest absolute Gasteiger partial charge is 0.278 e. The minimum Gasteiger partial charge on any atom is -0.369 e. The maximum atomic E-state index is 13.8. The van der Waals surface area contributed by atoms with Gasteiger partial charge in [-0.25, -0.2) is 13.8 Å². The lowest BCUT2D eigenvalue weighted by atomic mass is 9.99. The van der Waals surface area contributed by atoms with Crippen LogP contribution >= 0.6 is 0 Å². The summed E-state index contributed by atoms with van der Waals surface area (Å²) in [6.45, 7) is 0.123.